The third kappa shape index (κ3) is 2.24. The minimum Gasteiger partial charge on any atom is -0.445 e. The Morgan fingerprint density at radius 2 is 2.11 bits per heavy atom. The van der Waals surface area contributed by atoms with Gasteiger partial charge in [0.1, 0.15) is 6.26 Å². The average molecular weight is 244 g/mol. The van der Waals surface area contributed by atoms with Crippen LogP contribution in [0.2, 0.25) is 0 Å². The number of rotatable bonds is 2. The largest absolute Gasteiger partial charge is 0.445 e. The van der Waals surface area contributed by atoms with Gasteiger partial charge in [0.2, 0.25) is 5.89 Å². The van der Waals surface area contributed by atoms with Crippen LogP contribution in [0.25, 0.3) is 11.5 Å². The molecule has 1 aromatic carbocycles. The first-order chi connectivity index (χ1) is 8.83. The van der Waals surface area contributed by atoms with Crippen molar-refractivity contribution in [3.63, 3.8) is 0 Å². The summed E-state index contributed by atoms with van der Waals surface area (Å²) in [4.78, 5) is 6.34. The molecule has 0 saturated carbocycles. The summed E-state index contributed by atoms with van der Waals surface area (Å²) in [6, 6.07) is 8.11. The summed E-state index contributed by atoms with van der Waals surface area (Å²) in [6.07, 6.45) is 4.97. The van der Waals surface area contributed by atoms with Gasteiger partial charge in [0.15, 0.2) is 0 Å². The second-order valence-corrected chi connectivity index (χ2v) is 4.63. The van der Waals surface area contributed by atoms with E-state index in [1.54, 1.807) is 12.5 Å². The fraction of sp³-hybridized carbons (Fsp3) is 0.357. The number of anilines is 1. The van der Waals surface area contributed by atoms with Gasteiger partial charge in [0, 0.05) is 24.3 Å². The Bertz CT molecular complexity index is 493. The van der Waals surface area contributed by atoms with E-state index in [4.69, 9.17) is 4.42 Å². The molecule has 1 atom stereocenters. The lowest BCUT2D eigenvalue weighted by molar-refractivity contribution is 0.154. The van der Waals surface area contributed by atoms with E-state index in [0.29, 0.717) is 5.89 Å². The van der Waals surface area contributed by atoms with E-state index in [1.165, 1.54) is 0 Å². The Kier molecular flexibility index (Phi) is 3.02. The number of hydrogen-bond donors (Lipinski definition) is 1. The predicted molar refractivity (Wildman–Crippen MR) is 69.4 cm³/mol. The molecule has 1 saturated heterocycles. The Balaban J connectivity index is 1.78. The first-order valence-electron chi connectivity index (χ1n) is 6.26. The van der Waals surface area contributed by atoms with Gasteiger partial charge in [0.25, 0.3) is 0 Å². The molecule has 94 valence electrons. The molecular weight excluding hydrogens is 228 g/mol. The van der Waals surface area contributed by atoms with Gasteiger partial charge in [-0.1, -0.05) is 0 Å². The lowest BCUT2D eigenvalue weighted by atomic mass is 10.1. The highest BCUT2D eigenvalue weighted by molar-refractivity contribution is 5.59. The molecule has 0 spiro atoms. The quantitative estimate of drug-likeness (QED) is 0.880. The second kappa shape index (κ2) is 4.82. The smallest absolute Gasteiger partial charge is 0.225 e. The van der Waals surface area contributed by atoms with Gasteiger partial charge in [-0.3, -0.25) is 0 Å². The summed E-state index contributed by atoms with van der Waals surface area (Å²) in [5.41, 5.74) is 2.12. The van der Waals surface area contributed by atoms with Crippen LogP contribution in [0.4, 0.5) is 5.69 Å². The zero-order valence-electron chi connectivity index (χ0n) is 10.1. The molecule has 3 rings (SSSR count). The Morgan fingerprint density at radius 1 is 1.28 bits per heavy atom. The third-order valence-corrected chi connectivity index (χ3v) is 3.31. The molecule has 1 fully saturated rings. The van der Waals surface area contributed by atoms with E-state index in [-0.39, 0.29) is 6.10 Å². The SMILES string of the molecule is O[C@@H]1CCCN(c2ccc(-c3ncco3)cc2)C1. The van der Waals surface area contributed by atoms with Crippen molar-refractivity contribution in [1.82, 2.24) is 4.98 Å². The minimum atomic E-state index is -0.204. The maximum Gasteiger partial charge on any atom is 0.225 e. The van der Waals surface area contributed by atoms with Crippen molar-refractivity contribution in [1.29, 1.82) is 0 Å². The summed E-state index contributed by atoms with van der Waals surface area (Å²) in [7, 11) is 0. The van der Waals surface area contributed by atoms with E-state index in [1.807, 2.05) is 12.1 Å². The number of nitrogens with zero attached hydrogens (tertiary/aromatic N) is 2. The van der Waals surface area contributed by atoms with Crippen LogP contribution in [0.1, 0.15) is 12.8 Å². The topological polar surface area (TPSA) is 49.5 Å². The lowest BCUT2D eigenvalue weighted by Gasteiger charge is -2.32. The van der Waals surface area contributed by atoms with Crippen molar-refractivity contribution in [2.24, 2.45) is 0 Å². The van der Waals surface area contributed by atoms with E-state index < -0.39 is 0 Å². The zero-order chi connectivity index (χ0) is 12.4. The first-order valence-corrected chi connectivity index (χ1v) is 6.26. The molecule has 1 aliphatic rings. The summed E-state index contributed by atoms with van der Waals surface area (Å²) >= 11 is 0. The number of aliphatic hydroxyl groups excluding tert-OH is 1. The van der Waals surface area contributed by atoms with Crippen molar-refractivity contribution in [3.8, 4) is 11.5 Å². The van der Waals surface area contributed by atoms with Crippen LogP contribution in [0.5, 0.6) is 0 Å². The standard InChI is InChI=1S/C14H16N2O2/c17-13-2-1-8-16(10-13)12-5-3-11(4-6-12)14-15-7-9-18-14/h3-7,9,13,17H,1-2,8,10H2/t13-/m1/s1. The van der Waals surface area contributed by atoms with Crippen LogP contribution in [-0.2, 0) is 0 Å². The molecule has 18 heavy (non-hydrogen) atoms. The van der Waals surface area contributed by atoms with Gasteiger partial charge in [-0.15, -0.1) is 0 Å². The fourth-order valence-electron chi connectivity index (χ4n) is 2.37. The summed E-state index contributed by atoms with van der Waals surface area (Å²) < 4.78 is 5.26. The van der Waals surface area contributed by atoms with E-state index in [2.05, 4.69) is 22.0 Å². The molecule has 4 nitrogen and oxygen atoms in total. The normalized spacial score (nSPS) is 20.1. The molecule has 1 aliphatic heterocycles. The predicted octanol–water partition coefficient (Wildman–Crippen LogP) is 2.30. The highest BCUT2D eigenvalue weighted by Crippen LogP contribution is 2.24. The number of aromatic nitrogens is 1. The zero-order valence-corrected chi connectivity index (χ0v) is 10.1. The summed E-state index contributed by atoms with van der Waals surface area (Å²) in [5.74, 6) is 0.639. The number of hydrogen-bond acceptors (Lipinski definition) is 4. The van der Waals surface area contributed by atoms with Crippen LogP contribution >= 0.6 is 0 Å². The third-order valence-electron chi connectivity index (χ3n) is 3.31. The van der Waals surface area contributed by atoms with Crippen molar-refractivity contribution >= 4 is 5.69 Å². The van der Waals surface area contributed by atoms with Crippen LogP contribution in [0, 0.1) is 0 Å². The molecule has 0 bridgehead atoms. The van der Waals surface area contributed by atoms with Crippen molar-refractivity contribution in [3.05, 3.63) is 36.7 Å². The maximum atomic E-state index is 9.68. The maximum absolute atomic E-state index is 9.68. The van der Waals surface area contributed by atoms with Gasteiger partial charge < -0.3 is 14.4 Å². The van der Waals surface area contributed by atoms with Gasteiger partial charge >= 0.3 is 0 Å². The number of aliphatic hydroxyl groups is 1. The lowest BCUT2D eigenvalue weighted by Crippen LogP contribution is -2.38. The van der Waals surface area contributed by atoms with Crippen LogP contribution < -0.4 is 4.90 Å². The van der Waals surface area contributed by atoms with Gasteiger partial charge in [-0.2, -0.15) is 0 Å². The number of β-amino-alcohol motifs (C(OH)–C–C–N with tert-alkyl or cyclic N) is 1. The second-order valence-electron chi connectivity index (χ2n) is 4.63. The Morgan fingerprint density at radius 3 is 2.78 bits per heavy atom. The van der Waals surface area contributed by atoms with Crippen molar-refractivity contribution in [2.75, 3.05) is 18.0 Å². The monoisotopic (exact) mass is 244 g/mol. The van der Waals surface area contributed by atoms with Crippen LogP contribution in [0.3, 0.4) is 0 Å². The molecule has 2 aromatic rings. The van der Waals surface area contributed by atoms with Crippen molar-refractivity contribution in [2.45, 2.75) is 18.9 Å². The molecule has 4 heteroatoms. The highest BCUT2D eigenvalue weighted by Gasteiger charge is 2.17. The van der Waals surface area contributed by atoms with E-state index in [0.717, 1.165) is 37.2 Å². The van der Waals surface area contributed by atoms with E-state index >= 15 is 0 Å². The Hall–Kier alpha value is -1.81. The molecule has 1 N–H and O–H groups in total. The molecule has 0 unspecified atom stereocenters. The molecule has 0 aliphatic carbocycles. The number of piperidine rings is 1. The summed E-state index contributed by atoms with van der Waals surface area (Å²) in [6.45, 7) is 1.73. The first kappa shape index (κ1) is 11.3. The van der Waals surface area contributed by atoms with Crippen LogP contribution in [0.15, 0.2) is 41.1 Å². The van der Waals surface area contributed by atoms with E-state index in [9.17, 15) is 5.11 Å². The highest BCUT2D eigenvalue weighted by atomic mass is 16.3. The number of oxazole rings is 1. The van der Waals surface area contributed by atoms with Crippen LogP contribution in [-0.4, -0.2) is 29.3 Å². The minimum absolute atomic E-state index is 0.204. The molecule has 2 heterocycles. The molecular formula is C14H16N2O2. The molecule has 1 aromatic heterocycles. The Labute approximate surface area is 106 Å². The van der Waals surface area contributed by atoms with Gasteiger partial charge in [-0.05, 0) is 37.1 Å². The average Bonchev–Trinajstić information content (AvgIpc) is 2.93. The number of benzene rings is 1. The van der Waals surface area contributed by atoms with Crippen molar-refractivity contribution < 1.29 is 9.52 Å². The van der Waals surface area contributed by atoms with Gasteiger partial charge in [0.05, 0.1) is 12.3 Å². The molecule has 0 amide bonds. The fourth-order valence-corrected chi connectivity index (χ4v) is 2.37. The summed E-state index contributed by atoms with van der Waals surface area (Å²) in [5, 5.41) is 9.68. The van der Waals surface area contributed by atoms with Gasteiger partial charge in [-0.25, -0.2) is 4.98 Å². The molecule has 0 radical (unpaired) electrons.